The molecule has 1 aromatic heterocycles. The van der Waals surface area contributed by atoms with Crippen LogP contribution in [0, 0.1) is 6.92 Å². The van der Waals surface area contributed by atoms with Gasteiger partial charge in [0.05, 0.1) is 18.3 Å². The van der Waals surface area contributed by atoms with Gasteiger partial charge < -0.3 is 29.9 Å². The number of benzene rings is 1. The van der Waals surface area contributed by atoms with Crippen LogP contribution in [0.3, 0.4) is 0 Å². The summed E-state index contributed by atoms with van der Waals surface area (Å²) in [5.74, 6) is -0.110. The molecule has 2 amide bonds. The second kappa shape index (κ2) is 12.9. The van der Waals surface area contributed by atoms with Crippen LogP contribution in [-0.4, -0.2) is 77.5 Å². The normalized spacial score (nSPS) is 18.4. The van der Waals surface area contributed by atoms with Crippen molar-refractivity contribution in [3.05, 3.63) is 65.0 Å². The number of aryl methyl sites for hydroxylation is 1. The fourth-order valence-electron chi connectivity index (χ4n) is 4.95. The number of aliphatic hydroxyl groups excluding tert-OH is 1. The number of aliphatic imine (C=N–C) groups is 2. The van der Waals surface area contributed by atoms with E-state index in [2.05, 4.69) is 27.3 Å². The Kier molecular flexibility index (Phi) is 9.32. The number of hydrogen-bond acceptors (Lipinski definition) is 5. The molecule has 2 aliphatic rings. The number of aliphatic hydroxyl groups is 1. The van der Waals surface area contributed by atoms with Gasteiger partial charge in [-0.05, 0) is 52.0 Å². The summed E-state index contributed by atoms with van der Waals surface area (Å²) in [4.78, 5) is 36.9. The molecule has 208 valence electrons. The monoisotopic (exact) mass is 534 g/mol. The summed E-state index contributed by atoms with van der Waals surface area (Å²) in [6.45, 7) is 11.3. The number of carbonyl (C=O) groups is 2. The van der Waals surface area contributed by atoms with Crippen molar-refractivity contribution in [3.8, 4) is 0 Å². The molecule has 10 nitrogen and oxygen atoms in total. The van der Waals surface area contributed by atoms with Gasteiger partial charge in [-0.3, -0.25) is 9.59 Å². The second-order valence-electron chi connectivity index (χ2n) is 9.94. The Hall–Kier alpha value is -3.76. The Balaban J connectivity index is 1.46. The van der Waals surface area contributed by atoms with Gasteiger partial charge in [-0.1, -0.05) is 35.9 Å². The number of fused-ring (bicyclic) bond motifs is 1. The molecule has 2 aliphatic heterocycles. The second-order valence-corrected chi connectivity index (χ2v) is 9.94. The molecular weight excluding hydrogens is 496 g/mol. The zero-order valence-electron chi connectivity index (χ0n) is 22.9. The molecule has 10 heteroatoms. The minimum absolute atomic E-state index is 0.225. The lowest BCUT2D eigenvalue weighted by Gasteiger charge is -2.33. The number of nitrogens with one attached hydrogen (secondary N) is 2. The first-order chi connectivity index (χ1) is 18.8. The van der Waals surface area contributed by atoms with Crippen LogP contribution < -0.4 is 10.6 Å². The predicted molar refractivity (Wildman–Crippen MR) is 152 cm³/mol. The van der Waals surface area contributed by atoms with Crippen molar-refractivity contribution >= 4 is 30.2 Å². The third kappa shape index (κ3) is 6.63. The SMILES string of the molecule is C=N/C(=N\C(=C/C)c1cc2n(c1)CCN([C@@H](C)C(=O)N[C@H](CO)c1cccc(C)c1)C2=O)NC1CCOCC1. The van der Waals surface area contributed by atoms with Crippen molar-refractivity contribution in [1.82, 2.24) is 20.1 Å². The molecular formula is C29H38N6O4. The highest BCUT2D eigenvalue weighted by molar-refractivity contribution is 5.98. The molecule has 1 fully saturated rings. The van der Waals surface area contributed by atoms with Gasteiger partial charge in [-0.25, -0.2) is 9.98 Å². The molecule has 3 N–H and O–H groups in total. The standard InChI is InChI=1S/C29H38N6O4/c1-5-24(33-29(30-4)31-23-9-13-39-14-10-23)22-16-26-28(38)35(12-11-34(26)17-22)20(3)27(37)32-25(18-36)21-8-6-7-19(2)15-21/h5-8,15-17,20,23,25,36H,4,9-14,18H2,1-3H3,(H,31,33)(H,32,37)/b24-5-/t20-,25+/m0/s1. The van der Waals surface area contributed by atoms with Crippen LogP contribution in [0.15, 0.2) is 52.6 Å². The first-order valence-electron chi connectivity index (χ1n) is 13.4. The average molecular weight is 535 g/mol. The minimum atomic E-state index is -0.706. The number of amides is 2. The molecule has 1 saturated heterocycles. The van der Waals surface area contributed by atoms with Crippen LogP contribution >= 0.6 is 0 Å². The summed E-state index contributed by atoms with van der Waals surface area (Å²) in [7, 11) is 0. The number of hydrogen-bond donors (Lipinski definition) is 3. The van der Waals surface area contributed by atoms with Gasteiger partial charge in [0.2, 0.25) is 11.9 Å². The van der Waals surface area contributed by atoms with Gasteiger partial charge >= 0.3 is 0 Å². The van der Waals surface area contributed by atoms with E-state index in [-0.39, 0.29) is 24.5 Å². The van der Waals surface area contributed by atoms with Gasteiger partial charge in [0.15, 0.2) is 0 Å². The van der Waals surface area contributed by atoms with Gasteiger partial charge in [0, 0.05) is 44.1 Å². The van der Waals surface area contributed by atoms with Crippen LogP contribution in [-0.2, 0) is 16.1 Å². The molecule has 1 aromatic carbocycles. The molecule has 0 bridgehead atoms. The average Bonchev–Trinajstić information content (AvgIpc) is 3.39. The van der Waals surface area contributed by atoms with E-state index in [0.29, 0.717) is 43.7 Å². The van der Waals surface area contributed by atoms with Crippen molar-refractivity contribution in [3.63, 3.8) is 0 Å². The van der Waals surface area contributed by atoms with Crippen LogP contribution in [0.5, 0.6) is 0 Å². The number of allylic oxidation sites excluding steroid dienone is 1. The van der Waals surface area contributed by atoms with Crippen LogP contribution in [0.1, 0.15) is 59.9 Å². The zero-order chi connectivity index (χ0) is 27.9. The van der Waals surface area contributed by atoms with Crippen molar-refractivity contribution in [1.29, 1.82) is 0 Å². The zero-order valence-corrected chi connectivity index (χ0v) is 22.9. The highest BCUT2D eigenvalue weighted by Crippen LogP contribution is 2.25. The molecule has 2 atom stereocenters. The number of guanidine groups is 1. The topological polar surface area (TPSA) is 121 Å². The summed E-state index contributed by atoms with van der Waals surface area (Å²) >= 11 is 0. The number of nitrogens with zero attached hydrogens (tertiary/aromatic N) is 4. The molecule has 0 aliphatic carbocycles. The van der Waals surface area contributed by atoms with Gasteiger partial charge in [-0.2, -0.15) is 0 Å². The van der Waals surface area contributed by atoms with Gasteiger partial charge in [0.1, 0.15) is 11.7 Å². The Morgan fingerprint density at radius 1 is 1.28 bits per heavy atom. The Labute approximate surface area is 229 Å². The van der Waals surface area contributed by atoms with Crippen molar-refractivity contribution in [2.75, 3.05) is 26.4 Å². The molecule has 0 radical (unpaired) electrons. The first kappa shape index (κ1) is 28.3. The van der Waals surface area contributed by atoms with E-state index >= 15 is 0 Å². The van der Waals surface area contributed by atoms with E-state index in [1.54, 1.807) is 17.9 Å². The fraction of sp³-hybridized carbons (Fsp3) is 0.448. The highest BCUT2D eigenvalue weighted by Gasteiger charge is 2.33. The third-order valence-electron chi connectivity index (χ3n) is 7.25. The fourth-order valence-corrected chi connectivity index (χ4v) is 4.95. The number of rotatable bonds is 8. The van der Waals surface area contributed by atoms with E-state index in [1.165, 1.54) is 0 Å². The quantitative estimate of drug-likeness (QED) is 0.355. The Morgan fingerprint density at radius 3 is 2.72 bits per heavy atom. The van der Waals surface area contributed by atoms with Crippen LogP contribution in [0.25, 0.3) is 5.70 Å². The largest absolute Gasteiger partial charge is 0.394 e. The summed E-state index contributed by atoms with van der Waals surface area (Å²) in [5, 5.41) is 16.1. The molecule has 3 heterocycles. The first-order valence-corrected chi connectivity index (χ1v) is 13.4. The van der Waals surface area contributed by atoms with Gasteiger partial charge in [0.25, 0.3) is 5.91 Å². The maximum Gasteiger partial charge on any atom is 0.271 e. The molecule has 4 rings (SSSR count). The van der Waals surface area contributed by atoms with Crippen molar-refractivity contribution < 1.29 is 19.4 Å². The third-order valence-corrected chi connectivity index (χ3v) is 7.25. The number of carbonyl (C=O) groups excluding carboxylic acids is 2. The van der Waals surface area contributed by atoms with Crippen molar-refractivity contribution in [2.24, 2.45) is 9.98 Å². The Bertz CT molecular complexity index is 1260. The molecule has 39 heavy (non-hydrogen) atoms. The van der Waals surface area contributed by atoms with E-state index < -0.39 is 12.1 Å². The highest BCUT2D eigenvalue weighted by atomic mass is 16.5. The maximum absolute atomic E-state index is 13.5. The number of aromatic nitrogens is 1. The minimum Gasteiger partial charge on any atom is -0.394 e. The van der Waals surface area contributed by atoms with E-state index in [1.807, 2.05) is 55.0 Å². The molecule has 0 spiro atoms. The summed E-state index contributed by atoms with van der Waals surface area (Å²) in [6.07, 6.45) is 5.53. The van der Waals surface area contributed by atoms with Crippen LogP contribution in [0.4, 0.5) is 0 Å². The lowest BCUT2D eigenvalue weighted by molar-refractivity contribution is -0.126. The maximum atomic E-state index is 13.5. The molecule has 0 unspecified atom stereocenters. The number of ether oxygens (including phenoxy) is 1. The van der Waals surface area contributed by atoms with E-state index in [0.717, 1.165) is 29.5 Å². The molecule has 0 saturated carbocycles. The summed E-state index contributed by atoms with van der Waals surface area (Å²) < 4.78 is 7.32. The summed E-state index contributed by atoms with van der Waals surface area (Å²) in [5.41, 5.74) is 3.81. The Morgan fingerprint density at radius 2 is 2.05 bits per heavy atom. The van der Waals surface area contributed by atoms with E-state index in [9.17, 15) is 14.7 Å². The van der Waals surface area contributed by atoms with E-state index in [4.69, 9.17) is 4.74 Å². The molecule has 2 aromatic rings. The smallest absolute Gasteiger partial charge is 0.271 e. The van der Waals surface area contributed by atoms with Gasteiger partial charge in [-0.15, -0.1) is 0 Å². The predicted octanol–water partition coefficient (Wildman–Crippen LogP) is 2.68. The van der Waals surface area contributed by atoms with Crippen LogP contribution in [0.2, 0.25) is 0 Å². The lowest BCUT2D eigenvalue weighted by Crippen LogP contribution is -2.52. The lowest BCUT2D eigenvalue weighted by atomic mass is 10.0. The summed E-state index contributed by atoms with van der Waals surface area (Å²) in [6, 6.07) is 8.42. The van der Waals surface area contributed by atoms with Crippen molar-refractivity contribution in [2.45, 2.75) is 58.3 Å².